The number of hydrogen-bond donors (Lipinski definition) is 1. The van der Waals surface area contributed by atoms with E-state index in [0.29, 0.717) is 10.9 Å². The third-order valence-electron chi connectivity index (χ3n) is 4.94. The highest BCUT2D eigenvalue weighted by molar-refractivity contribution is 7.18. The van der Waals surface area contributed by atoms with Crippen molar-refractivity contribution in [3.63, 3.8) is 0 Å². The van der Waals surface area contributed by atoms with Gasteiger partial charge in [-0.1, -0.05) is 18.9 Å². The van der Waals surface area contributed by atoms with Crippen molar-refractivity contribution in [3.8, 4) is 5.75 Å². The number of amides is 1. The van der Waals surface area contributed by atoms with Crippen molar-refractivity contribution in [2.45, 2.75) is 38.2 Å². The van der Waals surface area contributed by atoms with Crippen molar-refractivity contribution < 1.29 is 18.3 Å². The van der Waals surface area contributed by atoms with Crippen LogP contribution in [0.4, 0.5) is 8.78 Å². The highest BCUT2D eigenvalue weighted by atomic mass is 32.1. The molecule has 1 heterocycles. The first-order valence-electron chi connectivity index (χ1n) is 8.83. The van der Waals surface area contributed by atoms with E-state index in [2.05, 4.69) is 23.2 Å². The molecular weight excluding hydrogens is 370 g/mol. The quantitative estimate of drug-likeness (QED) is 0.675. The first-order chi connectivity index (χ1) is 13.0. The largest absolute Gasteiger partial charge is 0.483 e. The van der Waals surface area contributed by atoms with Gasteiger partial charge in [0.15, 0.2) is 11.6 Å². The molecule has 4 nitrogen and oxygen atoms in total. The van der Waals surface area contributed by atoms with Crippen molar-refractivity contribution in [2.75, 3.05) is 0 Å². The SMILES string of the molecule is NC(=O)c1c(F)ccc(OCc2nc3cc(C4CCCC4)ccc3s2)c1F. The highest BCUT2D eigenvalue weighted by Gasteiger charge is 2.20. The van der Waals surface area contributed by atoms with Crippen LogP contribution in [-0.2, 0) is 6.61 Å². The fourth-order valence-corrected chi connectivity index (χ4v) is 4.44. The highest BCUT2D eigenvalue weighted by Crippen LogP contribution is 2.36. The van der Waals surface area contributed by atoms with Gasteiger partial charge in [-0.15, -0.1) is 11.3 Å². The van der Waals surface area contributed by atoms with Gasteiger partial charge >= 0.3 is 0 Å². The van der Waals surface area contributed by atoms with Crippen molar-refractivity contribution >= 4 is 27.5 Å². The molecule has 7 heteroatoms. The normalized spacial score (nSPS) is 14.7. The number of rotatable bonds is 5. The van der Waals surface area contributed by atoms with Crippen molar-refractivity contribution in [1.82, 2.24) is 4.98 Å². The molecular formula is C20H18F2N2O2S. The van der Waals surface area contributed by atoms with E-state index in [4.69, 9.17) is 10.5 Å². The van der Waals surface area contributed by atoms with Crippen LogP contribution >= 0.6 is 11.3 Å². The molecule has 1 aliphatic rings. The zero-order valence-electron chi connectivity index (χ0n) is 14.5. The van der Waals surface area contributed by atoms with Crippen molar-refractivity contribution in [2.24, 2.45) is 5.73 Å². The Morgan fingerprint density at radius 2 is 2.00 bits per heavy atom. The second-order valence-corrected chi connectivity index (χ2v) is 7.82. The van der Waals surface area contributed by atoms with Gasteiger partial charge in [0.05, 0.1) is 10.2 Å². The molecule has 2 aromatic carbocycles. The lowest BCUT2D eigenvalue weighted by atomic mass is 9.98. The number of ether oxygens (including phenoxy) is 1. The maximum Gasteiger partial charge on any atom is 0.254 e. The number of benzene rings is 2. The van der Waals surface area contributed by atoms with Crippen molar-refractivity contribution in [3.05, 3.63) is 58.1 Å². The third kappa shape index (κ3) is 3.51. The monoisotopic (exact) mass is 388 g/mol. The minimum Gasteiger partial charge on any atom is -0.483 e. The Morgan fingerprint density at radius 3 is 2.74 bits per heavy atom. The number of thiazole rings is 1. The van der Waals surface area contributed by atoms with Crippen LogP contribution in [0.3, 0.4) is 0 Å². The molecule has 3 aromatic rings. The van der Waals surface area contributed by atoms with Gasteiger partial charge in [0.1, 0.15) is 23.0 Å². The lowest BCUT2D eigenvalue weighted by Gasteiger charge is -2.08. The molecule has 0 radical (unpaired) electrons. The van der Waals surface area contributed by atoms with Crippen LogP contribution < -0.4 is 10.5 Å². The number of carbonyl (C=O) groups excluding carboxylic acids is 1. The Kier molecular flexibility index (Phi) is 4.78. The van der Waals surface area contributed by atoms with Gasteiger partial charge in [-0.3, -0.25) is 4.79 Å². The van der Waals surface area contributed by atoms with Crippen molar-refractivity contribution in [1.29, 1.82) is 0 Å². The Bertz CT molecular complexity index is 1010. The number of nitrogens with two attached hydrogens (primary N) is 1. The maximum absolute atomic E-state index is 14.2. The zero-order valence-corrected chi connectivity index (χ0v) is 15.3. The Morgan fingerprint density at radius 1 is 1.22 bits per heavy atom. The van der Waals surface area contributed by atoms with E-state index < -0.39 is 23.1 Å². The second-order valence-electron chi connectivity index (χ2n) is 6.70. The van der Waals surface area contributed by atoms with Crippen LogP contribution in [0.5, 0.6) is 5.75 Å². The number of hydrogen-bond acceptors (Lipinski definition) is 4. The minimum atomic E-state index is -1.17. The lowest BCUT2D eigenvalue weighted by Crippen LogP contribution is -2.16. The van der Waals surface area contributed by atoms with Gasteiger partial charge < -0.3 is 10.5 Å². The predicted octanol–water partition coefficient (Wildman–Crippen LogP) is 4.91. The lowest BCUT2D eigenvalue weighted by molar-refractivity contribution is 0.0991. The Hall–Kier alpha value is -2.54. The minimum absolute atomic E-state index is 0.0266. The maximum atomic E-state index is 14.2. The first kappa shape index (κ1) is 17.9. The molecule has 1 amide bonds. The van der Waals surface area contributed by atoms with E-state index in [0.717, 1.165) is 22.3 Å². The predicted molar refractivity (Wildman–Crippen MR) is 100 cm³/mol. The van der Waals surface area contributed by atoms with E-state index in [1.165, 1.54) is 42.6 Å². The molecule has 4 rings (SSSR count). The standard InChI is InChI=1S/C20H18F2N2O2S/c21-13-6-7-15(19(22)18(13)20(23)25)26-10-17-24-14-9-12(5-8-16(14)27-17)11-3-1-2-4-11/h5-9,11H,1-4,10H2,(H2,23,25). The summed E-state index contributed by atoms with van der Waals surface area (Å²) in [6.07, 6.45) is 4.99. The smallest absolute Gasteiger partial charge is 0.254 e. The number of halogens is 2. The molecule has 1 fully saturated rings. The van der Waals surface area contributed by atoms with Crippen LogP contribution in [0.15, 0.2) is 30.3 Å². The molecule has 140 valence electrons. The van der Waals surface area contributed by atoms with E-state index in [1.54, 1.807) is 0 Å². The average Bonchev–Trinajstić information content (AvgIpc) is 3.29. The van der Waals surface area contributed by atoms with Gasteiger partial charge in [0.2, 0.25) is 0 Å². The molecule has 1 aliphatic carbocycles. The van der Waals surface area contributed by atoms with Gasteiger partial charge in [0.25, 0.3) is 5.91 Å². The molecule has 0 saturated heterocycles. The van der Waals surface area contributed by atoms with E-state index in [9.17, 15) is 13.6 Å². The van der Waals surface area contributed by atoms with Gasteiger partial charge in [-0.2, -0.15) is 0 Å². The van der Waals surface area contributed by atoms with Crippen LogP contribution in [0.1, 0.15) is 52.5 Å². The summed E-state index contributed by atoms with van der Waals surface area (Å²) in [6, 6.07) is 8.44. The Labute approximate surface area is 159 Å². The molecule has 27 heavy (non-hydrogen) atoms. The van der Waals surface area contributed by atoms with Crippen LogP contribution in [0, 0.1) is 11.6 Å². The third-order valence-corrected chi connectivity index (χ3v) is 5.95. The summed E-state index contributed by atoms with van der Waals surface area (Å²) in [4.78, 5) is 15.8. The van der Waals surface area contributed by atoms with Gasteiger partial charge in [-0.05, 0) is 48.6 Å². The summed E-state index contributed by atoms with van der Waals surface area (Å²) < 4.78 is 34.2. The van der Waals surface area contributed by atoms with Crippen LogP contribution in [0.2, 0.25) is 0 Å². The summed E-state index contributed by atoms with van der Waals surface area (Å²) in [5.74, 6) is -2.89. The topological polar surface area (TPSA) is 65.2 Å². The van der Waals surface area contributed by atoms with Crippen LogP contribution in [-0.4, -0.2) is 10.9 Å². The molecule has 0 spiro atoms. The number of aromatic nitrogens is 1. The summed E-state index contributed by atoms with van der Waals surface area (Å²) in [7, 11) is 0. The van der Waals surface area contributed by atoms with Crippen LogP contribution in [0.25, 0.3) is 10.2 Å². The average molecular weight is 388 g/mol. The summed E-state index contributed by atoms with van der Waals surface area (Å²) in [5.41, 5.74) is 6.45. The molecule has 0 aliphatic heterocycles. The number of primary amides is 1. The second kappa shape index (κ2) is 7.23. The fraction of sp³-hybridized carbons (Fsp3) is 0.300. The fourth-order valence-electron chi connectivity index (χ4n) is 3.58. The molecule has 1 saturated carbocycles. The number of nitrogens with zero attached hydrogens (tertiary/aromatic N) is 1. The zero-order chi connectivity index (χ0) is 19.0. The van der Waals surface area contributed by atoms with E-state index in [-0.39, 0.29) is 12.4 Å². The molecule has 0 bridgehead atoms. The summed E-state index contributed by atoms with van der Waals surface area (Å²) >= 11 is 1.46. The Balaban J connectivity index is 1.54. The number of carbonyl (C=O) groups is 1. The first-order valence-corrected chi connectivity index (χ1v) is 9.64. The molecule has 0 atom stereocenters. The summed E-state index contributed by atoms with van der Waals surface area (Å²) in [6.45, 7) is 0.0266. The van der Waals surface area contributed by atoms with E-state index >= 15 is 0 Å². The molecule has 0 unspecified atom stereocenters. The van der Waals surface area contributed by atoms with Gasteiger partial charge in [-0.25, -0.2) is 13.8 Å². The van der Waals surface area contributed by atoms with Gasteiger partial charge in [0, 0.05) is 0 Å². The molecule has 1 aromatic heterocycles. The number of fused-ring (bicyclic) bond motifs is 1. The summed E-state index contributed by atoms with van der Waals surface area (Å²) in [5, 5.41) is 0.679. The molecule has 2 N–H and O–H groups in total. The van der Waals surface area contributed by atoms with E-state index in [1.807, 2.05) is 0 Å².